The van der Waals surface area contributed by atoms with Crippen molar-refractivity contribution in [1.82, 2.24) is 26.6 Å². The molecule has 0 aromatic carbocycles. The number of rotatable bonds is 39. The molecule has 1 unspecified atom stereocenters. The molecule has 0 aliphatic carbocycles. The number of amides is 4. The number of carbonyl (C=O) groups excluding carboxylic acids is 4. The van der Waals surface area contributed by atoms with Gasteiger partial charge in [0.15, 0.2) is 0 Å². The summed E-state index contributed by atoms with van der Waals surface area (Å²) in [4.78, 5) is 47.4. The fourth-order valence-electron chi connectivity index (χ4n) is 5.35. The summed E-state index contributed by atoms with van der Waals surface area (Å²) >= 11 is 0. The number of nitrogens with one attached hydrogen (secondary N) is 5. The molecule has 0 saturated heterocycles. The molecule has 0 radical (unpaired) electrons. The number of carbonyl (C=O) groups is 4. The van der Waals surface area contributed by atoms with Gasteiger partial charge in [0.05, 0.1) is 58.9 Å². The van der Waals surface area contributed by atoms with Crippen LogP contribution in [-0.2, 0) is 38.1 Å². The summed E-state index contributed by atoms with van der Waals surface area (Å²) in [5.41, 5.74) is 0. The molecule has 4 amide bonds. The zero-order chi connectivity index (χ0) is 37.5. The minimum absolute atomic E-state index is 0.0307. The quantitative estimate of drug-likeness (QED) is 0.0585. The zero-order valence-electron chi connectivity index (χ0n) is 32.6. The van der Waals surface area contributed by atoms with Crippen molar-refractivity contribution in [3.8, 4) is 0 Å². The fourth-order valence-corrected chi connectivity index (χ4v) is 5.35. The Balaban J connectivity index is 3.36. The molecule has 0 bridgehead atoms. The predicted octanol–water partition coefficient (Wildman–Crippen LogP) is 4.17. The first kappa shape index (κ1) is 48.7. The van der Waals surface area contributed by atoms with Crippen molar-refractivity contribution in [2.75, 3.05) is 86.6 Å². The minimum Gasteiger partial charge on any atom is -0.379 e. The molecule has 300 valence electrons. The molecule has 1 atom stereocenters. The van der Waals surface area contributed by atoms with E-state index in [4.69, 9.17) is 18.9 Å². The first-order chi connectivity index (χ1) is 24.9. The lowest BCUT2D eigenvalue weighted by molar-refractivity contribution is -0.123. The van der Waals surface area contributed by atoms with Crippen molar-refractivity contribution in [3.63, 3.8) is 0 Å². The molecular formula is C38H75N5O8. The maximum atomic E-state index is 12.0. The van der Waals surface area contributed by atoms with Gasteiger partial charge in [-0.25, -0.2) is 0 Å². The average Bonchev–Trinajstić information content (AvgIpc) is 3.13. The summed E-state index contributed by atoms with van der Waals surface area (Å²) in [5, 5.41) is 14.2. The van der Waals surface area contributed by atoms with E-state index in [0.717, 1.165) is 25.7 Å². The summed E-state index contributed by atoms with van der Waals surface area (Å²) in [6, 6.07) is -0.212. The third-order valence-electron chi connectivity index (χ3n) is 8.49. The van der Waals surface area contributed by atoms with Crippen molar-refractivity contribution in [3.05, 3.63) is 0 Å². The van der Waals surface area contributed by atoms with Gasteiger partial charge in [-0.3, -0.25) is 19.2 Å². The highest BCUT2D eigenvalue weighted by molar-refractivity contribution is 5.81. The SMILES string of the molecule is CCCCCCCCCCCCCCCC(=O)NCCOCCOCCC(=O)NCCOCCOCCC(=O)NCCCCC(NC)C(=O)NC. The Bertz CT molecular complexity index is 836. The van der Waals surface area contributed by atoms with E-state index in [2.05, 4.69) is 33.5 Å². The Morgan fingerprint density at radius 3 is 1.31 bits per heavy atom. The standard InChI is InChI=1S/C38H75N5O8/c1-4-5-6-7-8-9-10-11-12-13-14-15-16-20-35(44)42-24-28-50-32-31-49-27-22-37(46)43-25-29-51-33-30-48-26-21-36(45)41-23-18-17-19-34(39-2)38(47)40-3/h34,39H,4-33H2,1-3H3,(H,40,47)(H,41,45)(H,42,44)(H,43,46). The maximum Gasteiger partial charge on any atom is 0.236 e. The second-order valence-corrected chi connectivity index (χ2v) is 12.9. The van der Waals surface area contributed by atoms with Crippen LogP contribution in [0.25, 0.3) is 0 Å². The van der Waals surface area contributed by atoms with E-state index < -0.39 is 0 Å². The third-order valence-corrected chi connectivity index (χ3v) is 8.49. The van der Waals surface area contributed by atoms with Gasteiger partial charge in [0.2, 0.25) is 23.6 Å². The number of hydrogen-bond acceptors (Lipinski definition) is 9. The molecule has 0 aromatic heterocycles. The van der Waals surface area contributed by atoms with Gasteiger partial charge in [0.1, 0.15) is 0 Å². The van der Waals surface area contributed by atoms with Gasteiger partial charge in [0, 0.05) is 45.9 Å². The van der Waals surface area contributed by atoms with Gasteiger partial charge in [0.25, 0.3) is 0 Å². The van der Waals surface area contributed by atoms with Gasteiger partial charge in [-0.2, -0.15) is 0 Å². The Labute approximate surface area is 309 Å². The number of hydrogen-bond donors (Lipinski definition) is 5. The van der Waals surface area contributed by atoms with Gasteiger partial charge >= 0.3 is 0 Å². The molecule has 51 heavy (non-hydrogen) atoms. The molecule has 0 aliphatic rings. The Morgan fingerprint density at radius 2 is 0.863 bits per heavy atom. The smallest absolute Gasteiger partial charge is 0.236 e. The zero-order valence-corrected chi connectivity index (χ0v) is 32.6. The van der Waals surface area contributed by atoms with E-state index in [0.29, 0.717) is 85.3 Å². The molecule has 5 N–H and O–H groups in total. The molecule has 13 nitrogen and oxygen atoms in total. The highest BCUT2D eigenvalue weighted by Crippen LogP contribution is 2.13. The molecule has 0 heterocycles. The first-order valence-corrected chi connectivity index (χ1v) is 19.9. The third kappa shape index (κ3) is 35.9. The van der Waals surface area contributed by atoms with Crippen molar-refractivity contribution >= 4 is 23.6 Å². The van der Waals surface area contributed by atoms with E-state index in [1.54, 1.807) is 14.1 Å². The highest BCUT2D eigenvalue weighted by atomic mass is 16.5. The van der Waals surface area contributed by atoms with Crippen LogP contribution >= 0.6 is 0 Å². The van der Waals surface area contributed by atoms with Crippen LogP contribution in [0.1, 0.15) is 129 Å². The van der Waals surface area contributed by atoms with E-state index in [9.17, 15) is 19.2 Å². The number of unbranched alkanes of at least 4 members (excludes halogenated alkanes) is 13. The molecule has 0 saturated carbocycles. The van der Waals surface area contributed by atoms with Gasteiger partial charge in [-0.05, 0) is 32.7 Å². The van der Waals surface area contributed by atoms with Crippen LogP contribution in [-0.4, -0.2) is 116 Å². The van der Waals surface area contributed by atoms with Crippen molar-refractivity contribution in [2.24, 2.45) is 0 Å². The molecule has 0 fully saturated rings. The molecule has 0 aromatic rings. The lowest BCUT2D eigenvalue weighted by atomic mass is 10.0. The van der Waals surface area contributed by atoms with Crippen LogP contribution in [0.5, 0.6) is 0 Å². The van der Waals surface area contributed by atoms with Crippen LogP contribution in [0.4, 0.5) is 0 Å². The summed E-state index contributed by atoms with van der Waals surface area (Å²) in [7, 11) is 3.38. The first-order valence-electron chi connectivity index (χ1n) is 19.9. The molecule has 0 aliphatic heterocycles. The highest BCUT2D eigenvalue weighted by Gasteiger charge is 2.13. The van der Waals surface area contributed by atoms with Crippen LogP contribution < -0.4 is 26.6 Å². The maximum absolute atomic E-state index is 12.0. The largest absolute Gasteiger partial charge is 0.379 e. The lowest BCUT2D eigenvalue weighted by Gasteiger charge is -2.14. The Morgan fingerprint density at radius 1 is 0.451 bits per heavy atom. The fraction of sp³-hybridized carbons (Fsp3) is 0.895. The van der Waals surface area contributed by atoms with Crippen LogP contribution in [0, 0.1) is 0 Å². The number of likely N-dealkylation sites (N-methyl/N-ethyl adjacent to an activating group) is 2. The second kappa shape index (κ2) is 38.9. The van der Waals surface area contributed by atoms with Crippen LogP contribution in [0.2, 0.25) is 0 Å². The molecule has 0 spiro atoms. The second-order valence-electron chi connectivity index (χ2n) is 12.9. The summed E-state index contributed by atoms with van der Waals surface area (Å²) in [6.45, 7) is 6.70. The summed E-state index contributed by atoms with van der Waals surface area (Å²) in [6.07, 6.45) is 20.3. The van der Waals surface area contributed by atoms with E-state index in [-0.39, 0.29) is 42.5 Å². The summed E-state index contributed by atoms with van der Waals surface area (Å²) in [5.74, 6) is -0.122. The van der Waals surface area contributed by atoms with E-state index in [1.807, 2.05) is 0 Å². The average molecular weight is 730 g/mol. The van der Waals surface area contributed by atoms with Crippen molar-refractivity contribution in [1.29, 1.82) is 0 Å². The van der Waals surface area contributed by atoms with Crippen molar-refractivity contribution < 1.29 is 38.1 Å². The van der Waals surface area contributed by atoms with Gasteiger partial charge < -0.3 is 45.5 Å². The minimum atomic E-state index is -0.212. The molecule has 13 heteroatoms. The van der Waals surface area contributed by atoms with Crippen molar-refractivity contribution in [2.45, 2.75) is 135 Å². The topological polar surface area (TPSA) is 165 Å². The van der Waals surface area contributed by atoms with E-state index in [1.165, 1.54) is 70.6 Å². The number of ether oxygens (including phenoxy) is 4. The van der Waals surface area contributed by atoms with Gasteiger partial charge in [-0.1, -0.05) is 84.0 Å². The summed E-state index contributed by atoms with van der Waals surface area (Å²) < 4.78 is 21.8. The lowest BCUT2D eigenvalue weighted by Crippen LogP contribution is -2.41. The monoisotopic (exact) mass is 730 g/mol. The molecular weight excluding hydrogens is 654 g/mol. The predicted molar refractivity (Wildman–Crippen MR) is 203 cm³/mol. The van der Waals surface area contributed by atoms with Gasteiger partial charge in [-0.15, -0.1) is 0 Å². The van der Waals surface area contributed by atoms with Crippen LogP contribution in [0.3, 0.4) is 0 Å². The van der Waals surface area contributed by atoms with E-state index >= 15 is 0 Å². The van der Waals surface area contributed by atoms with Crippen LogP contribution in [0.15, 0.2) is 0 Å². The Kier molecular flexibility index (Phi) is 37.1. The Hall–Kier alpha value is -2.32. The normalized spacial score (nSPS) is 11.7. The molecule has 0 rings (SSSR count).